The molecule has 3 heterocycles. The fraction of sp³-hybridized carbons (Fsp3) is 0.0625. The number of H-pyrrole nitrogens is 1. The van der Waals surface area contributed by atoms with Crippen molar-refractivity contribution >= 4 is 29.3 Å². The predicted octanol–water partition coefficient (Wildman–Crippen LogP) is 2.17. The summed E-state index contributed by atoms with van der Waals surface area (Å²) in [6.07, 6.45) is 1.54. The lowest BCUT2D eigenvalue weighted by molar-refractivity contribution is -0.384. The average Bonchev–Trinajstić information content (AvgIpc) is 3.39. The Kier molecular flexibility index (Phi) is 3.81. The lowest BCUT2D eigenvalue weighted by atomic mass is 10.1. The fourth-order valence-electron chi connectivity index (χ4n) is 2.57. The van der Waals surface area contributed by atoms with Gasteiger partial charge in [-0.15, -0.1) is 5.10 Å². The van der Waals surface area contributed by atoms with Crippen LogP contribution in [-0.4, -0.2) is 37.2 Å². The van der Waals surface area contributed by atoms with Crippen molar-refractivity contribution in [2.45, 2.75) is 6.92 Å². The molecule has 0 aliphatic carbocycles. The van der Waals surface area contributed by atoms with Crippen molar-refractivity contribution in [1.29, 1.82) is 0 Å². The minimum Gasteiger partial charge on any atom is -0.457 e. The molecule has 1 aromatic carbocycles. The van der Waals surface area contributed by atoms with Gasteiger partial charge >= 0.3 is 0 Å². The molecule has 0 radical (unpaired) electrons. The smallest absolute Gasteiger partial charge is 0.293 e. The quantitative estimate of drug-likeness (QED) is 0.424. The van der Waals surface area contributed by atoms with Crippen molar-refractivity contribution in [1.82, 2.24) is 20.6 Å². The van der Waals surface area contributed by atoms with Crippen LogP contribution in [0.25, 0.3) is 17.4 Å². The number of aromatic nitrogens is 4. The molecule has 0 spiro atoms. The summed E-state index contributed by atoms with van der Waals surface area (Å²) in [7, 11) is 0. The number of non-ortho nitro benzene ring substituents is 1. The molecule has 1 aliphatic heterocycles. The highest BCUT2D eigenvalue weighted by Gasteiger charge is 2.31. The number of aromatic amines is 1. The van der Waals surface area contributed by atoms with E-state index in [1.807, 2.05) is 0 Å². The van der Waals surface area contributed by atoms with E-state index >= 15 is 0 Å². The third kappa shape index (κ3) is 2.97. The highest BCUT2D eigenvalue weighted by molar-refractivity contribution is 6.31. The molecule has 1 N–H and O–H groups in total. The van der Waals surface area contributed by atoms with E-state index in [0.29, 0.717) is 28.4 Å². The summed E-state index contributed by atoms with van der Waals surface area (Å²) >= 11 is 0. The zero-order valence-electron chi connectivity index (χ0n) is 13.9. The van der Waals surface area contributed by atoms with Crippen molar-refractivity contribution in [3.8, 4) is 11.3 Å². The number of carbonyl (C=O) groups is 1. The molecule has 4 rings (SSSR count). The summed E-state index contributed by atoms with van der Waals surface area (Å²) in [4.78, 5) is 23.0. The first-order valence-corrected chi connectivity index (χ1v) is 7.73. The lowest BCUT2D eigenvalue weighted by Crippen LogP contribution is -2.22. The Morgan fingerprint density at radius 2 is 2.15 bits per heavy atom. The van der Waals surface area contributed by atoms with Gasteiger partial charge in [-0.25, -0.2) is 0 Å². The molecule has 3 aromatic rings. The van der Waals surface area contributed by atoms with Gasteiger partial charge in [0.2, 0.25) is 0 Å². The Morgan fingerprint density at radius 1 is 1.30 bits per heavy atom. The van der Waals surface area contributed by atoms with Gasteiger partial charge in [0.1, 0.15) is 11.5 Å². The number of amides is 1. The van der Waals surface area contributed by atoms with E-state index < -0.39 is 10.8 Å². The second kappa shape index (κ2) is 6.29. The SMILES string of the molecule is CC1=NN(c2nn[nH]n2)C(=O)/C1=C/c1ccc(-c2cccc([N+](=O)[O-])c2)o1. The van der Waals surface area contributed by atoms with E-state index in [1.165, 1.54) is 12.1 Å². The Hall–Kier alpha value is -4.15. The summed E-state index contributed by atoms with van der Waals surface area (Å²) in [5.41, 5.74) is 1.32. The number of nitrogens with zero attached hydrogens (tertiary/aromatic N) is 6. The molecule has 0 fully saturated rings. The Labute approximate surface area is 151 Å². The van der Waals surface area contributed by atoms with Gasteiger partial charge < -0.3 is 4.42 Å². The number of nitro benzene ring substituents is 1. The van der Waals surface area contributed by atoms with Crippen molar-refractivity contribution in [3.05, 3.63) is 57.8 Å². The van der Waals surface area contributed by atoms with Crippen LogP contribution in [0.2, 0.25) is 0 Å². The monoisotopic (exact) mass is 365 g/mol. The van der Waals surface area contributed by atoms with E-state index in [1.54, 1.807) is 37.3 Å². The van der Waals surface area contributed by atoms with Gasteiger partial charge in [0.25, 0.3) is 17.5 Å². The van der Waals surface area contributed by atoms with E-state index in [2.05, 4.69) is 25.7 Å². The number of carbonyl (C=O) groups excluding carboxylic acids is 1. The maximum absolute atomic E-state index is 12.5. The molecular formula is C16H11N7O4. The molecule has 11 nitrogen and oxygen atoms in total. The van der Waals surface area contributed by atoms with Crippen LogP contribution in [0.3, 0.4) is 0 Å². The van der Waals surface area contributed by atoms with Crippen LogP contribution in [0.15, 0.2) is 51.5 Å². The number of hydrogen-bond acceptors (Lipinski definition) is 8. The number of benzene rings is 1. The molecule has 1 amide bonds. The fourth-order valence-corrected chi connectivity index (χ4v) is 2.57. The molecule has 0 atom stereocenters. The maximum Gasteiger partial charge on any atom is 0.293 e. The average molecular weight is 365 g/mol. The number of anilines is 1. The first-order valence-electron chi connectivity index (χ1n) is 7.73. The van der Waals surface area contributed by atoms with Gasteiger partial charge in [0.05, 0.1) is 16.2 Å². The topological polar surface area (TPSA) is 143 Å². The number of tetrazole rings is 1. The van der Waals surface area contributed by atoms with Crippen molar-refractivity contribution in [2.24, 2.45) is 5.10 Å². The molecule has 2 aromatic heterocycles. The molecule has 0 saturated carbocycles. The number of nitro groups is 1. The first-order chi connectivity index (χ1) is 13.0. The van der Waals surface area contributed by atoms with Gasteiger partial charge in [0, 0.05) is 17.7 Å². The van der Waals surface area contributed by atoms with Gasteiger partial charge in [-0.2, -0.15) is 15.3 Å². The number of hydrazone groups is 1. The first kappa shape index (κ1) is 16.3. The minimum atomic E-state index is -0.473. The standard InChI is InChI=1S/C16H11N7O4/c1-9-13(15(24)22(19-9)16-17-20-21-18-16)8-12-5-6-14(27-12)10-3-2-4-11(7-10)23(25)26/h2-8H,1H3,(H,17,18,20,21)/b13-8+. The van der Waals surface area contributed by atoms with Crippen LogP contribution in [-0.2, 0) is 4.79 Å². The molecule has 0 saturated heterocycles. The van der Waals surface area contributed by atoms with Crippen LogP contribution >= 0.6 is 0 Å². The molecule has 0 unspecified atom stereocenters. The molecular weight excluding hydrogens is 354 g/mol. The van der Waals surface area contributed by atoms with Crippen LogP contribution in [0, 0.1) is 10.1 Å². The van der Waals surface area contributed by atoms with Crippen molar-refractivity contribution in [2.75, 3.05) is 5.01 Å². The van der Waals surface area contributed by atoms with Crippen molar-refractivity contribution in [3.63, 3.8) is 0 Å². The van der Waals surface area contributed by atoms with Crippen LogP contribution in [0.1, 0.15) is 12.7 Å². The van der Waals surface area contributed by atoms with E-state index in [-0.39, 0.29) is 11.6 Å². The summed E-state index contributed by atoms with van der Waals surface area (Å²) in [6, 6.07) is 9.44. The van der Waals surface area contributed by atoms with Crippen LogP contribution in [0.5, 0.6) is 0 Å². The Balaban J connectivity index is 1.63. The highest BCUT2D eigenvalue weighted by atomic mass is 16.6. The zero-order chi connectivity index (χ0) is 19.0. The zero-order valence-corrected chi connectivity index (χ0v) is 13.9. The summed E-state index contributed by atoms with van der Waals surface area (Å²) in [5.74, 6) is 0.478. The molecule has 0 bridgehead atoms. The van der Waals surface area contributed by atoms with Crippen LogP contribution < -0.4 is 5.01 Å². The third-order valence-electron chi connectivity index (χ3n) is 3.84. The summed E-state index contributed by atoms with van der Waals surface area (Å²) in [6.45, 7) is 1.67. The second-order valence-corrected chi connectivity index (χ2v) is 5.58. The van der Waals surface area contributed by atoms with E-state index in [4.69, 9.17) is 4.42 Å². The van der Waals surface area contributed by atoms with Gasteiger partial charge in [-0.3, -0.25) is 14.9 Å². The molecule has 11 heteroatoms. The largest absolute Gasteiger partial charge is 0.457 e. The lowest BCUT2D eigenvalue weighted by Gasteiger charge is -2.03. The maximum atomic E-state index is 12.5. The normalized spacial score (nSPS) is 15.4. The highest BCUT2D eigenvalue weighted by Crippen LogP contribution is 2.28. The van der Waals surface area contributed by atoms with Gasteiger partial charge in [0.15, 0.2) is 0 Å². The number of hydrogen-bond donors (Lipinski definition) is 1. The summed E-state index contributed by atoms with van der Waals surface area (Å²) in [5, 5.41) is 29.2. The number of furan rings is 1. The Bertz CT molecular complexity index is 1100. The number of rotatable bonds is 4. The van der Waals surface area contributed by atoms with E-state index in [0.717, 1.165) is 5.01 Å². The van der Waals surface area contributed by atoms with Crippen molar-refractivity contribution < 1.29 is 14.1 Å². The molecule has 134 valence electrons. The predicted molar refractivity (Wildman–Crippen MR) is 93.5 cm³/mol. The van der Waals surface area contributed by atoms with Gasteiger partial charge in [-0.05, 0) is 30.3 Å². The molecule has 27 heavy (non-hydrogen) atoms. The summed E-state index contributed by atoms with van der Waals surface area (Å²) < 4.78 is 5.71. The minimum absolute atomic E-state index is 0.0338. The van der Waals surface area contributed by atoms with Crippen LogP contribution in [0.4, 0.5) is 11.6 Å². The number of nitrogens with one attached hydrogen (secondary N) is 1. The third-order valence-corrected chi connectivity index (χ3v) is 3.84. The second-order valence-electron chi connectivity index (χ2n) is 5.58. The Morgan fingerprint density at radius 3 is 2.89 bits per heavy atom. The van der Waals surface area contributed by atoms with Gasteiger partial charge in [-0.1, -0.05) is 17.2 Å². The van der Waals surface area contributed by atoms with E-state index in [9.17, 15) is 14.9 Å². The molecule has 1 aliphatic rings.